The molecule has 1 aliphatic carbocycles. The van der Waals surface area contributed by atoms with E-state index < -0.39 is 0 Å². The van der Waals surface area contributed by atoms with Crippen molar-refractivity contribution in [2.75, 3.05) is 11.9 Å². The number of aryl methyl sites for hydroxylation is 1. The molecule has 0 radical (unpaired) electrons. The maximum atomic E-state index is 6.33. The molecule has 0 aromatic carbocycles. The molecule has 1 heterocycles. The molecule has 1 N–H and O–H groups in total. The number of nitrogens with zero attached hydrogens (tertiary/aromatic N) is 2. The summed E-state index contributed by atoms with van der Waals surface area (Å²) in [6, 6.07) is 2.02. The lowest BCUT2D eigenvalue weighted by Gasteiger charge is -2.27. The molecule has 1 aromatic rings. The molecule has 17 heavy (non-hydrogen) atoms. The molecule has 0 saturated heterocycles. The molecule has 1 fully saturated rings. The van der Waals surface area contributed by atoms with Gasteiger partial charge in [-0.2, -0.15) is 0 Å². The summed E-state index contributed by atoms with van der Waals surface area (Å²) in [6.45, 7) is 3.02. The molecular formula is C13H20ClN3. The van der Waals surface area contributed by atoms with Crippen LogP contribution in [0.25, 0.3) is 0 Å². The molecule has 0 bridgehead atoms. The summed E-state index contributed by atoms with van der Waals surface area (Å²) in [5.74, 6) is 1.50. The van der Waals surface area contributed by atoms with Crippen LogP contribution in [0.5, 0.6) is 0 Å². The first-order chi connectivity index (χ1) is 8.29. The first kappa shape index (κ1) is 12.6. The van der Waals surface area contributed by atoms with E-state index in [-0.39, 0.29) is 0 Å². The van der Waals surface area contributed by atoms with E-state index in [4.69, 9.17) is 11.6 Å². The minimum Gasteiger partial charge on any atom is -0.370 e. The number of aromatic nitrogens is 2. The van der Waals surface area contributed by atoms with Crippen molar-refractivity contribution >= 4 is 17.4 Å². The quantitative estimate of drug-likeness (QED) is 0.837. The first-order valence-electron chi connectivity index (χ1n) is 6.48. The fourth-order valence-electron chi connectivity index (χ4n) is 2.32. The predicted molar refractivity (Wildman–Crippen MR) is 71.5 cm³/mol. The summed E-state index contributed by atoms with van der Waals surface area (Å²) in [4.78, 5) is 8.42. The fraction of sp³-hybridized carbons (Fsp3) is 0.692. The summed E-state index contributed by atoms with van der Waals surface area (Å²) in [5, 5.41) is 3.71. The average Bonchev–Trinajstić information content (AvgIpc) is 2.38. The Balaban J connectivity index is 1.88. The number of anilines is 1. The highest BCUT2D eigenvalue weighted by Gasteiger charge is 2.22. The van der Waals surface area contributed by atoms with E-state index in [1.807, 2.05) is 6.07 Å². The summed E-state index contributed by atoms with van der Waals surface area (Å²) < 4.78 is 0. The van der Waals surface area contributed by atoms with Gasteiger partial charge in [0.15, 0.2) is 0 Å². The topological polar surface area (TPSA) is 37.8 Å². The van der Waals surface area contributed by atoms with Gasteiger partial charge in [-0.1, -0.05) is 19.8 Å². The summed E-state index contributed by atoms with van der Waals surface area (Å²) in [5.41, 5.74) is 1.08. The summed E-state index contributed by atoms with van der Waals surface area (Å²) in [6.07, 6.45) is 7.53. The molecule has 1 aliphatic rings. The van der Waals surface area contributed by atoms with Crippen molar-refractivity contribution in [3.63, 3.8) is 0 Å². The lowest BCUT2D eigenvalue weighted by Crippen LogP contribution is -2.27. The van der Waals surface area contributed by atoms with Crippen LogP contribution < -0.4 is 5.32 Å². The van der Waals surface area contributed by atoms with E-state index in [0.717, 1.165) is 30.9 Å². The van der Waals surface area contributed by atoms with Crippen molar-refractivity contribution in [2.45, 2.75) is 44.4 Å². The monoisotopic (exact) mass is 253 g/mol. The van der Waals surface area contributed by atoms with Crippen molar-refractivity contribution in [2.24, 2.45) is 5.92 Å². The second kappa shape index (κ2) is 6.20. The number of rotatable bonds is 4. The Hall–Kier alpha value is -0.830. The third-order valence-corrected chi connectivity index (χ3v) is 4.02. The van der Waals surface area contributed by atoms with Crippen molar-refractivity contribution in [3.05, 3.63) is 18.1 Å². The Kier molecular flexibility index (Phi) is 4.60. The van der Waals surface area contributed by atoms with Crippen molar-refractivity contribution in [1.29, 1.82) is 0 Å². The zero-order chi connectivity index (χ0) is 12.1. The van der Waals surface area contributed by atoms with E-state index in [2.05, 4.69) is 22.2 Å². The van der Waals surface area contributed by atoms with Crippen LogP contribution in [0.3, 0.4) is 0 Å². The van der Waals surface area contributed by atoms with Crippen LogP contribution in [-0.2, 0) is 6.42 Å². The third-order valence-electron chi connectivity index (χ3n) is 3.45. The van der Waals surface area contributed by atoms with E-state index >= 15 is 0 Å². The van der Waals surface area contributed by atoms with Crippen LogP contribution in [0.2, 0.25) is 0 Å². The molecule has 4 heteroatoms. The van der Waals surface area contributed by atoms with Crippen LogP contribution in [0.4, 0.5) is 5.82 Å². The number of hydrogen-bond acceptors (Lipinski definition) is 3. The molecule has 0 spiro atoms. The van der Waals surface area contributed by atoms with E-state index in [0.29, 0.717) is 11.3 Å². The highest BCUT2D eigenvalue weighted by atomic mass is 35.5. The SMILES string of the molecule is CCc1cc(NCC2CCCCC2Cl)ncn1. The van der Waals surface area contributed by atoms with Crippen LogP contribution in [0.1, 0.15) is 38.3 Å². The van der Waals surface area contributed by atoms with Crippen molar-refractivity contribution in [3.8, 4) is 0 Å². The maximum absolute atomic E-state index is 6.33. The Labute approximate surface area is 108 Å². The lowest BCUT2D eigenvalue weighted by molar-refractivity contribution is 0.380. The van der Waals surface area contributed by atoms with Gasteiger partial charge in [0.2, 0.25) is 0 Å². The van der Waals surface area contributed by atoms with E-state index in [9.17, 15) is 0 Å². The zero-order valence-corrected chi connectivity index (χ0v) is 11.1. The van der Waals surface area contributed by atoms with Gasteiger partial charge in [-0.05, 0) is 25.2 Å². The largest absolute Gasteiger partial charge is 0.370 e. The van der Waals surface area contributed by atoms with Crippen LogP contribution in [0, 0.1) is 5.92 Å². The van der Waals surface area contributed by atoms with Crippen LogP contribution in [0.15, 0.2) is 12.4 Å². The summed E-state index contributed by atoms with van der Waals surface area (Å²) in [7, 11) is 0. The maximum Gasteiger partial charge on any atom is 0.129 e. The number of alkyl halides is 1. The molecule has 2 unspecified atom stereocenters. The van der Waals surface area contributed by atoms with Gasteiger partial charge >= 0.3 is 0 Å². The third kappa shape index (κ3) is 3.56. The van der Waals surface area contributed by atoms with Gasteiger partial charge in [-0.25, -0.2) is 9.97 Å². The second-order valence-electron chi connectivity index (χ2n) is 4.69. The Bertz CT molecular complexity index is 356. The Morgan fingerprint density at radius 3 is 2.94 bits per heavy atom. The Morgan fingerprint density at radius 1 is 1.35 bits per heavy atom. The average molecular weight is 254 g/mol. The van der Waals surface area contributed by atoms with Gasteiger partial charge in [0.1, 0.15) is 12.1 Å². The van der Waals surface area contributed by atoms with Crippen molar-refractivity contribution < 1.29 is 0 Å². The number of halogens is 1. The Morgan fingerprint density at radius 2 is 2.18 bits per heavy atom. The van der Waals surface area contributed by atoms with E-state index in [1.54, 1.807) is 6.33 Å². The predicted octanol–water partition coefficient (Wildman–Crippen LogP) is 3.25. The molecule has 1 aromatic heterocycles. The first-order valence-corrected chi connectivity index (χ1v) is 6.92. The molecule has 0 amide bonds. The summed E-state index contributed by atoms with van der Waals surface area (Å²) >= 11 is 6.33. The van der Waals surface area contributed by atoms with Gasteiger partial charge in [-0.15, -0.1) is 11.6 Å². The molecule has 94 valence electrons. The van der Waals surface area contributed by atoms with Crippen LogP contribution in [-0.4, -0.2) is 21.9 Å². The molecule has 2 atom stereocenters. The molecular weight excluding hydrogens is 234 g/mol. The standard InChI is InChI=1S/C13H20ClN3/c1-2-11-7-13(17-9-16-11)15-8-10-5-3-4-6-12(10)14/h7,9-10,12H,2-6,8H2,1H3,(H,15,16,17). The van der Waals surface area contributed by atoms with Gasteiger partial charge in [0, 0.05) is 23.7 Å². The van der Waals surface area contributed by atoms with Crippen molar-refractivity contribution in [1.82, 2.24) is 9.97 Å². The highest BCUT2D eigenvalue weighted by molar-refractivity contribution is 6.20. The van der Waals surface area contributed by atoms with E-state index in [1.165, 1.54) is 19.3 Å². The minimum absolute atomic E-state index is 0.323. The van der Waals surface area contributed by atoms with Crippen LogP contribution >= 0.6 is 11.6 Å². The molecule has 1 saturated carbocycles. The zero-order valence-electron chi connectivity index (χ0n) is 10.3. The lowest BCUT2D eigenvalue weighted by atomic mass is 9.89. The highest BCUT2D eigenvalue weighted by Crippen LogP contribution is 2.28. The normalized spacial score (nSPS) is 24.6. The van der Waals surface area contributed by atoms with Gasteiger partial charge in [0.25, 0.3) is 0 Å². The smallest absolute Gasteiger partial charge is 0.129 e. The van der Waals surface area contributed by atoms with Gasteiger partial charge < -0.3 is 5.32 Å². The second-order valence-corrected chi connectivity index (χ2v) is 5.25. The fourth-order valence-corrected chi connectivity index (χ4v) is 2.68. The minimum atomic E-state index is 0.323. The molecule has 0 aliphatic heterocycles. The number of hydrogen-bond donors (Lipinski definition) is 1. The van der Waals surface area contributed by atoms with Gasteiger partial charge in [-0.3, -0.25) is 0 Å². The molecule has 2 rings (SSSR count). The number of nitrogens with one attached hydrogen (secondary N) is 1. The van der Waals surface area contributed by atoms with Gasteiger partial charge in [0.05, 0.1) is 0 Å². The molecule has 3 nitrogen and oxygen atoms in total.